The summed E-state index contributed by atoms with van der Waals surface area (Å²) < 4.78 is 0. The third-order valence-corrected chi connectivity index (χ3v) is 5.96. The zero-order valence-corrected chi connectivity index (χ0v) is 17.1. The Morgan fingerprint density at radius 2 is 1.84 bits per heavy atom. The van der Waals surface area contributed by atoms with E-state index < -0.39 is 5.92 Å². The molecule has 0 spiro atoms. The van der Waals surface area contributed by atoms with Gasteiger partial charge >= 0.3 is 0 Å². The number of hydrogen-bond donors (Lipinski definition) is 3. The number of amides is 2. The Hall–Kier alpha value is -3.68. The summed E-state index contributed by atoms with van der Waals surface area (Å²) in [6, 6.07) is 13.5. The molecule has 1 saturated heterocycles. The number of carbonyl (C=O) groups is 2. The molecule has 8 nitrogen and oxygen atoms in total. The Morgan fingerprint density at radius 1 is 1.06 bits per heavy atom. The highest BCUT2D eigenvalue weighted by molar-refractivity contribution is 6.08. The van der Waals surface area contributed by atoms with Crippen LogP contribution in [-0.4, -0.2) is 34.9 Å². The van der Waals surface area contributed by atoms with Crippen LogP contribution in [0.5, 0.6) is 0 Å². The minimum Gasteiger partial charge on any atom is -0.383 e. The number of anilines is 4. The second kappa shape index (κ2) is 7.86. The maximum atomic E-state index is 13.2. The summed E-state index contributed by atoms with van der Waals surface area (Å²) in [5, 5.41) is 7.72. The van der Waals surface area contributed by atoms with Crippen molar-refractivity contribution in [2.45, 2.75) is 31.6 Å². The Morgan fingerprint density at radius 3 is 2.68 bits per heavy atom. The lowest BCUT2D eigenvalue weighted by molar-refractivity contribution is -0.123. The van der Waals surface area contributed by atoms with Crippen LogP contribution in [0, 0.1) is 0 Å². The molecule has 2 aromatic carbocycles. The molecular formula is C23H24N6O2. The van der Waals surface area contributed by atoms with Gasteiger partial charge in [-0.1, -0.05) is 36.4 Å². The average molecular weight is 416 g/mol. The SMILES string of the molecule is Nc1nc(N2CCCCC2)nc2c1[C@@H](C(=O)Nc1cccc3ccccc13)CC(=O)N2. The molecule has 0 unspecified atom stereocenters. The van der Waals surface area contributed by atoms with Crippen LogP contribution < -0.4 is 21.3 Å². The van der Waals surface area contributed by atoms with E-state index in [1.807, 2.05) is 42.5 Å². The van der Waals surface area contributed by atoms with Crippen LogP contribution in [0.2, 0.25) is 0 Å². The predicted molar refractivity (Wildman–Crippen MR) is 121 cm³/mol. The molecule has 2 aliphatic heterocycles. The van der Waals surface area contributed by atoms with E-state index in [4.69, 9.17) is 5.73 Å². The molecule has 5 rings (SSSR count). The minimum atomic E-state index is -0.752. The molecule has 3 heterocycles. The standard InChI is InChI=1S/C23H24N6O2/c24-20-19-16(22(31)25-17-10-6-8-14-7-2-3-9-15(14)17)13-18(30)26-21(19)28-23(27-20)29-11-4-1-5-12-29/h2-3,6-10,16H,1,4-5,11-13H2,(H,25,31)(H3,24,26,27,28,30)/t16-/m0/s1. The van der Waals surface area contributed by atoms with E-state index in [0.717, 1.165) is 36.7 Å². The third kappa shape index (κ3) is 3.65. The van der Waals surface area contributed by atoms with Crippen LogP contribution >= 0.6 is 0 Å². The zero-order chi connectivity index (χ0) is 21.4. The van der Waals surface area contributed by atoms with E-state index in [0.29, 0.717) is 23.0 Å². The fourth-order valence-electron chi connectivity index (χ4n) is 4.40. The van der Waals surface area contributed by atoms with E-state index >= 15 is 0 Å². The Labute approximate surface area is 179 Å². The molecule has 0 radical (unpaired) electrons. The summed E-state index contributed by atoms with van der Waals surface area (Å²) in [6.07, 6.45) is 3.33. The van der Waals surface area contributed by atoms with Crippen molar-refractivity contribution in [2.75, 3.05) is 34.4 Å². The van der Waals surface area contributed by atoms with Crippen LogP contribution in [0.3, 0.4) is 0 Å². The molecule has 1 aromatic heterocycles. The second-order valence-electron chi connectivity index (χ2n) is 8.04. The second-order valence-corrected chi connectivity index (χ2v) is 8.04. The summed E-state index contributed by atoms with van der Waals surface area (Å²) in [5.41, 5.74) is 7.48. The van der Waals surface area contributed by atoms with Crippen molar-refractivity contribution in [3.63, 3.8) is 0 Å². The van der Waals surface area contributed by atoms with Crippen molar-refractivity contribution < 1.29 is 9.59 Å². The van der Waals surface area contributed by atoms with Gasteiger partial charge in [0, 0.05) is 30.6 Å². The van der Waals surface area contributed by atoms with Gasteiger partial charge in [0.25, 0.3) is 0 Å². The lowest BCUT2D eigenvalue weighted by Crippen LogP contribution is -2.35. The van der Waals surface area contributed by atoms with Crippen LogP contribution in [0.4, 0.5) is 23.3 Å². The fraction of sp³-hybridized carbons (Fsp3) is 0.304. The number of rotatable bonds is 3. The summed E-state index contributed by atoms with van der Waals surface area (Å²) in [6.45, 7) is 1.72. The summed E-state index contributed by atoms with van der Waals surface area (Å²) in [4.78, 5) is 36.8. The molecule has 0 saturated carbocycles. The van der Waals surface area contributed by atoms with Gasteiger partial charge in [0.2, 0.25) is 17.8 Å². The van der Waals surface area contributed by atoms with E-state index in [1.165, 1.54) is 6.42 Å². The molecule has 1 atom stereocenters. The molecule has 1 fully saturated rings. The van der Waals surface area contributed by atoms with Crippen molar-refractivity contribution >= 4 is 45.9 Å². The summed E-state index contributed by atoms with van der Waals surface area (Å²) in [5.74, 6) is -0.225. The van der Waals surface area contributed by atoms with Crippen LogP contribution in [0.15, 0.2) is 42.5 Å². The Bertz CT molecular complexity index is 1170. The molecule has 8 heteroatoms. The van der Waals surface area contributed by atoms with Crippen LogP contribution in [0.25, 0.3) is 10.8 Å². The predicted octanol–water partition coefficient (Wildman–Crippen LogP) is 3.27. The van der Waals surface area contributed by atoms with E-state index in [-0.39, 0.29) is 24.1 Å². The quantitative estimate of drug-likeness (QED) is 0.604. The highest BCUT2D eigenvalue weighted by Gasteiger charge is 2.35. The normalized spacial score (nSPS) is 18.4. The lowest BCUT2D eigenvalue weighted by Gasteiger charge is -2.30. The van der Waals surface area contributed by atoms with Crippen LogP contribution in [0.1, 0.15) is 37.2 Å². The Balaban J connectivity index is 1.48. The first-order chi connectivity index (χ1) is 15.1. The van der Waals surface area contributed by atoms with Gasteiger partial charge in [-0.2, -0.15) is 9.97 Å². The number of nitrogen functional groups attached to an aromatic ring is 1. The number of nitrogens with zero attached hydrogens (tertiary/aromatic N) is 3. The molecule has 2 aliphatic rings. The topological polar surface area (TPSA) is 113 Å². The van der Waals surface area contributed by atoms with Crippen molar-refractivity contribution in [1.29, 1.82) is 0 Å². The van der Waals surface area contributed by atoms with E-state index in [2.05, 4.69) is 25.5 Å². The van der Waals surface area contributed by atoms with E-state index in [1.54, 1.807) is 0 Å². The van der Waals surface area contributed by atoms with Crippen molar-refractivity contribution in [1.82, 2.24) is 9.97 Å². The number of nitrogens with two attached hydrogens (primary N) is 1. The van der Waals surface area contributed by atoms with Gasteiger partial charge in [0.1, 0.15) is 11.6 Å². The first-order valence-corrected chi connectivity index (χ1v) is 10.6. The third-order valence-electron chi connectivity index (χ3n) is 5.96. The largest absolute Gasteiger partial charge is 0.383 e. The molecule has 0 bridgehead atoms. The number of hydrogen-bond acceptors (Lipinski definition) is 6. The minimum absolute atomic E-state index is 0.000219. The highest BCUT2D eigenvalue weighted by atomic mass is 16.2. The van der Waals surface area contributed by atoms with Gasteiger partial charge in [0.05, 0.1) is 11.5 Å². The number of benzene rings is 2. The van der Waals surface area contributed by atoms with E-state index in [9.17, 15) is 9.59 Å². The van der Waals surface area contributed by atoms with Gasteiger partial charge in [-0.3, -0.25) is 9.59 Å². The maximum absolute atomic E-state index is 13.2. The molecule has 31 heavy (non-hydrogen) atoms. The van der Waals surface area contributed by atoms with Gasteiger partial charge in [-0.25, -0.2) is 0 Å². The van der Waals surface area contributed by atoms with Gasteiger partial charge in [-0.05, 0) is 30.7 Å². The number of fused-ring (bicyclic) bond motifs is 2. The monoisotopic (exact) mass is 416 g/mol. The lowest BCUT2D eigenvalue weighted by atomic mass is 9.91. The average Bonchev–Trinajstić information content (AvgIpc) is 2.79. The van der Waals surface area contributed by atoms with Crippen molar-refractivity contribution in [3.05, 3.63) is 48.0 Å². The first-order valence-electron chi connectivity index (χ1n) is 10.6. The number of carbonyl (C=O) groups excluding carboxylic acids is 2. The number of piperidine rings is 1. The van der Waals surface area contributed by atoms with Crippen LogP contribution in [-0.2, 0) is 9.59 Å². The van der Waals surface area contributed by atoms with Crippen molar-refractivity contribution in [3.8, 4) is 0 Å². The number of aromatic nitrogens is 2. The molecule has 0 aliphatic carbocycles. The molecule has 2 amide bonds. The van der Waals surface area contributed by atoms with Gasteiger partial charge in [0.15, 0.2) is 0 Å². The van der Waals surface area contributed by atoms with Crippen molar-refractivity contribution in [2.24, 2.45) is 0 Å². The summed E-state index contributed by atoms with van der Waals surface area (Å²) in [7, 11) is 0. The van der Waals surface area contributed by atoms with Gasteiger partial charge in [-0.15, -0.1) is 0 Å². The number of nitrogens with one attached hydrogen (secondary N) is 2. The zero-order valence-electron chi connectivity index (χ0n) is 17.1. The molecule has 3 aromatic rings. The molecule has 158 valence electrons. The first kappa shape index (κ1) is 19.3. The fourth-order valence-corrected chi connectivity index (χ4v) is 4.40. The summed E-state index contributed by atoms with van der Waals surface area (Å²) >= 11 is 0. The van der Waals surface area contributed by atoms with Gasteiger partial charge < -0.3 is 21.3 Å². The molecule has 4 N–H and O–H groups in total. The highest BCUT2D eigenvalue weighted by Crippen LogP contribution is 2.37. The maximum Gasteiger partial charge on any atom is 0.232 e. The molecular weight excluding hydrogens is 392 g/mol. The smallest absolute Gasteiger partial charge is 0.232 e. The Kier molecular flexibility index (Phi) is 4.89.